The molecule has 9 nitrogen and oxygen atoms in total. The Kier molecular flexibility index (Phi) is 6.64. The molecule has 0 aliphatic carbocycles. The van der Waals surface area contributed by atoms with Crippen molar-refractivity contribution in [1.82, 2.24) is 9.88 Å². The molecule has 0 spiro atoms. The van der Waals surface area contributed by atoms with Crippen LogP contribution in [0.4, 0.5) is 17.3 Å². The van der Waals surface area contributed by atoms with Gasteiger partial charge in [-0.2, -0.15) is 0 Å². The monoisotopic (exact) mass is 427 g/mol. The van der Waals surface area contributed by atoms with Gasteiger partial charge in [0.1, 0.15) is 5.82 Å². The van der Waals surface area contributed by atoms with Crippen LogP contribution < -0.4 is 10.2 Å². The Hall–Kier alpha value is -2.75. The molecular formula is C22H29N5O4. The Morgan fingerprint density at radius 1 is 1.10 bits per heavy atom. The quantitative estimate of drug-likeness (QED) is 0.512. The van der Waals surface area contributed by atoms with E-state index < -0.39 is 10.5 Å². The first-order chi connectivity index (χ1) is 15.0. The summed E-state index contributed by atoms with van der Waals surface area (Å²) < 4.78 is 5.35. The average Bonchev–Trinajstić information content (AvgIpc) is 2.81. The highest BCUT2D eigenvalue weighted by Crippen LogP contribution is 2.35. The number of nitro groups is 1. The molecule has 0 amide bonds. The first-order valence-electron chi connectivity index (χ1n) is 10.8. The van der Waals surface area contributed by atoms with E-state index in [0.717, 1.165) is 38.4 Å². The molecule has 0 unspecified atom stereocenters. The third-order valence-electron chi connectivity index (χ3n) is 6.11. The largest absolute Gasteiger partial charge is 0.385 e. The van der Waals surface area contributed by atoms with E-state index in [4.69, 9.17) is 4.74 Å². The van der Waals surface area contributed by atoms with E-state index in [2.05, 4.69) is 20.1 Å². The van der Waals surface area contributed by atoms with Crippen LogP contribution in [0.2, 0.25) is 0 Å². The molecule has 0 atom stereocenters. The molecule has 166 valence electrons. The van der Waals surface area contributed by atoms with Gasteiger partial charge in [-0.05, 0) is 24.5 Å². The van der Waals surface area contributed by atoms with Gasteiger partial charge in [0.2, 0.25) is 5.82 Å². The van der Waals surface area contributed by atoms with E-state index in [9.17, 15) is 15.2 Å². The number of pyridine rings is 1. The lowest BCUT2D eigenvalue weighted by Gasteiger charge is -2.39. The van der Waals surface area contributed by atoms with E-state index in [1.807, 2.05) is 30.3 Å². The molecule has 2 fully saturated rings. The highest BCUT2D eigenvalue weighted by molar-refractivity contribution is 5.61. The Bertz CT molecular complexity index is 881. The average molecular weight is 428 g/mol. The first kappa shape index (κ1) is 21.5. The topological polar surface area (TPSA) is 104 Å². The van der Waals surface area contributed by atoms with Crippen molar-refractivity contribution in [2.75, 3.05) is 62.7 Å². The van der Waals surface area contributed by atoms with Gasteiger partial charge in [0, 0.05) is 45.3 Å². The highest BCUT2D eigenvalue weighted by Gasteiger charge is 2.34. The van der Waals surface area contributed by atoms with Crippen molar-refractivity contribution in [2.45, 2.75) is 18.4 Å². The molecule has 4 rings (SSSR count). The number of rotatable bonds is 7. The van der Waals surface area contributed by atoms with Crippen molar-refractivity contribution in [3.63, 3.8) is 0 Å². The number of aliphatic hydroxyl groups is 1. The van der Waals surface area contributed by atoms with Gasteiger partial charge < -0.3 is 20.1 Å². The van der Waals surface area contributed by atoms with Crippen LogP contribution in [0, 0.1) is 10.1 Å². The van der Waals surface area contributed by atoms with Crippen molar-refractivity contribution in [3.05, 3.63) is 58.1 Å². The Labute approximate surface area is 181 Å². The number of aromatic nitrogens is 1. The molecule has 2 aliphatic heterocycles. The summed E-state index contributed by atoms with van der Waals surface area (Å²) >= 11 is 0. The predicted octanol–water partition coefficient (Wildman–Crippen LogP) is 2.22. The standard InChI is InChI=1S/C22H29N5O4/c28-22(18-4-2-1-3-5-18)8-11-26(12-9-22)20-7-6-19(27(29)30)21(24-20)23-10-13-25-14-16-31-17-15-25/h1-7,28H,8-17H2,(H,23,24). The van der Waals surface area contributed by atoms with E-state index in [1.165, 1.54) is 6.07 Å². The number of ether oxygens (including phenoxy) is 1. The van der Waals surface area contributed by atoms with Crippen LogP contribution in [0.5, 0.6) is 0 Å². The SMILES string of the molecule is O=[N+]([O-])c1ccc(N2CCC(O)(c3ccccc3)CC2)nc1NCCN1CCOCC1. The normalized spacial score (nSPS) is 19.2. The van der Waals surface area contributed by atoms with Crippen LogP contribution in [0.25, 0.3) is 0 Å². The molecule has 2 saturated heterocycles. The van der Waals surface area contributed by atoms with Crippen LogP contribution in [-0.4, -0.2) is 72.4 Å². The fourth-order valence-electron chi connectivity index (χ4n) is 4.20. The van der Waals surface area contributed by atoms with E-state index in [1.54, 1.807) is 6.07 Å². The zero-order valence-electron chi connectivity index (χ0n) is 17.6. The predicted molar refractivity (Wildman–Crippen MR) is 118 cm³/mol. The number of anilines is 2. The number of hydrogen-bond acceptors (Lipinski definition) is 8. The summed E-state index contributed by atoms with van der Waals surface area (Å²) in [5.74, 6) is 0.981. The summed E-state index contributed by atoms with van der Waals surface area (Å²) in [5, 5.41) is 25.7. The second kappa shape index (κ2) is 9.59. The number of hydrogen-bond donors (Lipinski definition) is 2. The van der Waals surface area contributed by atoms with Crippen LogP contribution >= 0.6 is 0 Å². The van der Waals surface area contributed by atoms with Gasteiger partial charge in [-0.1, -0.05) is 30.3 Å². The summed E-state index contributed by atoms with van der Waals surface area (Å²) in [7, 11) is 0. The zero-order valence-corrected chi connectivity index (χ0v) is 17.6. The van der Waals surface area contributed by atoms with Crippen LogP contribution in [0.1, 0.15) is 18.4 Å². The Balaban J connectivity index is 1.41. The number of piperidine rings is 1. The molecule has 2 aliphatic rings. The smallest absolute Gasteiger partial charge is 0.311 e. The third kappa shape index (κ3) is 5.12. The van der Waals surface area contributed by atoms with E-state index >= 15 is 0 Å². The lowest BCUT2D eigenvalue weighted by molar-refractivity contribution is -0.384. The maximum absolute atomic E-state index is 11.5. The summed E-state index contributed by atoms with van der Waals surface area (Å²) in [6, 6.07) is 12.9. The molecule has 0 radical (unpaired) electrons. The van der Waals surface area contributed by atoms with Gasteiger partial charge in [0.25, 0.3) is 0 Å². The number of morpholine rings is 1. The molecule has 0 bridgehead atoms. The number of nitrogens with zero attached hydrogens (tertiary/aromatic N) is 4. The van der Waals surface area contributed by atoms with Crippen LogP contribution in [0.3, 0.4) is 0 Å². The third-order valence-corrected chi connectivity index (χ3v) is 6.11. The van der Waals surface area contributed by atoms with Crippen molar-refractivity contribution < 1.29 is 14.8 Å². The van der Waals surface area contributed by atoms with Crippen LogP contribution in [-0.2, 0) is 10.3 Å². The minimum atomic E-state index is -0.849. The van der Waals surface area contributed by atoms with E-state index in [0.29, 0.717) is 44.1 Å². The molecular weight excluding hydrogens is 398 g/mol. The summed E-state index contributed by atoms with van der Waals surface area (Å²) in [4.78, 5) is 20.0. The van der Waals surface area contributed by atoms with Gasteiger partial charge in [-0.15, -0.1) is 0 Å². The van der Waals surface area contributed by atoms with Crippen molar-refractivity contribution in [2.24, 2.45) is 0 Å². The van der Waals surface area contributed by atoms with Crippen molar-refractivity contribution in [1.29, 1.82) is 0 Å². The summed E-state index contributed by atoms with van der Waals surface area (Å²) in [5.41, 5.74) is 0.0536. The Morgan fingerprint density at radius 3 is 2.48 bits per heavy atom. The minimum absolute atomic E-state index is 0.0245. The molecule has 2 aromatic rings. The molecule has 2 N–H and O–H groups in total. The van der Waals surface area contributed by atoms with Gasteiger partial charge in [0.15, 0.2) is 0 Å². The first-order valence-corrected chi connectivity index (χ1v) is 10.8. The van der Waals surface area contributed by atoms with Crippen LogP contribution in [0.15, 0.2) is 42.5 Å². The fraction of sp³-hybridized carbons (Fsp3) is 0.500. The number of benzene rings is 1. The van der Waals surface area contributed by atoms with Crippen molar-refractivity contribution >= 4 is 17.3 Å². The molecule has 0 saturated carbocycles. The zero-order chi connectivity index (χ0) is 21.7. The maximum atomic E-state index is 11.5. The molecule has 1 aromatic heterocycles. The van der Waals surface area contributed by atoms with Gasteiger partial charge in [-0.25, -0.2) is 4.98 Å². The second-order valence-electron chi connectivity index (χ2n) is 8.06. The number of nitrogens with one attached hydrogen (secondary N) is 1. The van der Waals surface area contributed by atoms with Gasteiger partial charge in [-0.3, -0.25) is 15.0 Å². The molecule has 1 aromatic carbocycles. The lowest BCUT2D eigenvalue weighted by atomic mass is 9.84. The maximum Gasteiger partial charge on any atom is 0.311 e. The Morgan fingerprint density at radius 2 is 1.81 bits per heavy atom. The summed E-state index contributed by atoms with van der Waals surface area (Å²) in [6.45, 7) is 5.79. The van der Waals surface area contributed by atoms with Crippen molar-refractivity contribution in [3.8, 4) is 0 Å². The lowest BCUT2D eigenvalue weighted by Crippen LogP contribution is -2.43. The van der Waals surface area contributed by atoms with Gasteiger partial charge in [0.05, 0.1) is 23.7 Å². The molecule has 9 heteroatoms. The molecule has 31 heavy (non-hydrogen) atoms. The molecule has 3 heterocycles. The van der Waals surface area contributed by atoms with E-state index in [-0.39, 0.29) is 5.69 Å². The van der Waals surface area contributed by atoms with Gasteiger partial charge >= 0.3 is 5.69 Å². The fourth-order valence-corrected chi connectivity index (χ4v) is 4.20. The minimum Gasteiger partial charge on any atom is -0.385 e. The highest BCUT2D eigenvalue weighted by atomic mass is 16.6. The summed E-state index contributed by atoms with van der Waals surface area (Å²) in [6.07, 6.45) is 1.16. The second-order valence-corrected chi connectivity index (χ2v) is 8.06.